The third-order valence-corrected chi connectivity index (χ3v) is 6.80. The molecule has 0 aromatic rings. The molecule has 3 N–H and O–H groups in total. The minimum atomic E-state index is -0.609. The molecule has 2 saturated carbocycles. The van der Waals surface area contributed by atoms with Crippen molar-refractivity contribution in [2.75, 3.05) is 19.8 Å². The zero-order valence-electron chi connectivity index (χ0n) is 14.3. The molecule has 0 amide bonds. The molecule has 0 aromatic heterocycles. The van der Waals surface area contributed by atoms with E-state index >= 15 is 0 Å². The quantitative estimate of drug-likeness (QED) is 0.669. The Kier molecular flexibility index (Phi) is 6.22. The highest BCUT2D eigenvalue weighted by atomic mass is 19.1. The summed E-state index contributed by atoms with van der Waals surface area (Å²) in [6.07, 6.45) is 5.55. The SMILES string of the molecule is O=NC1C(CO)CC(CO)C2CC(CC3CCC(F)CC3)CNC21. The van der Waals surface area contributed by atoms with Gasteiger partial charge in [0.1, 0.15) is 12.2 Å². The lowest BCUT2D eigenvalue weighted by Gasteiger charge is -2.49. The highest BCUT2D eigenvalue weighted by Crippen LogP contribution is 2.43. The predicted octanol–water partition coefficient (Wildman–Crippen LogP) is 2.25. The smallest absolute Gasteiger partial charge is 0.112 e. The number of nitrogens with zero attached hydrogens (tertiary/aromatic N) is 1. The van der Waals surface area contributed by atoms with E-state index in [9.17, 15) is 19.5 Å². The first-order valence-electron chi connectivity index (χ1n) is 9.57. The van der Waals surface area contributed by atoms with E-state index in [2.05, 4.69) is 10.5 Å². The summed E-state index contributed by atoms with van der Waals surface area (Å²) in [6, 6.07) is -0.422. The van der Waals surface area contributed by atoms with Crippen LogP contribution in [-0.2, 0) is 0 Å². The number of fused-ring (bicyclic) bond motifs is 1. The number of nitrogens with one attached hydrogen (secondary N) is 1. The molecule has 3 fully saturated rings. The normalized spacial score (nSPS) is 46.3. The first-order valence-corrected chi connectivity index (χ1v) is 9.57. The van der Waals surface area contributed by atoms with Crippen molar-refractivity contribution in [1.82, 2.24) is 5.32 Å². The van der Waals surface area contributed by atoms with Gasteiger partial charge in [0.25, 0.3) is 0 Å². The second-order valence-electron chi connectivity index (χ2n) is 8.27. The van der Waals surface area contributed by atoms with Gasteiger partial charge in [-0.15, -0.1) is 0 Å². The number of hydrogen-bond acceptors (Lipinski definition) is 5. The molecule has 24 heavy (non-hydrogen) atoms. The van der Waals surface area contributed by atoms with Crippen molar-refractivity contribution >= 4 is 0 Å². The van der Waals surface area contributed by atoms with Crippen LogP contribution in [0.15, 0.2) is 5.18 Å². The fourth-order valence-electron chi connectivity index (χ4n) is 5.48. The topological polar surface area (TPSA) is 81.9 Å². The Labute approximate surface area is 143 Å². The molecule has 138 valence electrons. The first kappa shape index (κ1) is 18.2. The summed E-state index contributed by atoms with van der Waals surface area (Å²) in [5.41, 5.74) is 0. The van der Waals surface area contributed by atoms with E-state index in [4.69, 9.17) is 0 Å². The van der Waals surface area contributed by atoms with Crippen LogP contribution in [0.25, 0.3) is 0 Å². The minimum absolute atomic E-state index is 0.0246. The average Bonchev–Trinajstić information content (AvgIpc) is 2.62. The molecule has 1 aliphatic heterocycles. The lowest BCUT2D eigenvalue weighted by atomic mass is 9.63. The lowest BCUT2D eigenvalue weighted by molar-refractivity contribution is 0.00529. The van der Waals surface area contributed by atoms with Crippen molar-refractivity contribution < 1.29 is 14.6 Å². The minimum Gasteiger partial charge on any atom is -0.396 e. The van der Waals surface area contributed by atoms with Crippen LogP contribution in [-0.4, -0.2) is 48.2 Å². The number of hydrogen-bond donors (Lipinski definition) is 3. The summed E-state index contributed by atoms with van der Waals surface area (Å²) >= 11 is 0. The molecule has 6 unspecified atom stereocenters. The van der Waals surface area contributed by atoms with Gasteiger partial charge in [-0.3, -0.25) is 0 Å². The average molecular weight is 342 g/mol. The third-order valence-electron chi connectivity index (χ3n) is 6.80. The third kappa shape index (κ3) is 3.81. The van der Waals surface area contributed by atoms with Gasteiger partial charge in [-0.2, -0.15) is 4.91 Å². The zero-order chi connectivity index (χ0) is 17.1. The van der Waals surface area contributed by atoms with Crippen molar-refractivity contribution in [1.29, 1.82) is 0 Å². The molecule has 1 heterocycles. The lowest BCUT2D eigenvalue weighted by Crippen LogP contribution is -2.59. The van der Waals surface area contributed by atoms with Crippen molar-refractivity contribution in [3.63, 3.8) is 0 Å². The van der Waals surface area contributed by atoms with Crippen molar-refractivity contribution in [3.8, 4) is 0 Å². The van der Waals surface area contributed by atoms with E-state index in [0.717, 1.165) is 32.2 Å². The summed E-state index contributed by atoms with van der Waals surface area (Å²) in [7, 11) is 0. The molecular formula is C18H31FN2O3. The van der Waals surface area contributed by atoms with Crippen LogP contribution in [0.5, 0.6) is 0 Å². The van der Waals surface area contributed by atoms with Gasteiger partial charge >= 0.3 is 0 Å². The summed E-state index contributed by atoms with van der Waals surface area (Å²) in [4.78, 5) is 11.3. The fraction of sp³-hybridized carbons (Fsp3) is 1.00. The number of rotatable bonds is 5. The van der Waals surface area contributed by atoms with E-state index in [1.807, 2.05) is 0 Å². The van der Waals surface area contributed by atoms with Crippen LogP contribution in [0.4, 0.5) is 4.39 Å². The van der Waals surface area contributed by atoms with Crippen LogP contribution in [0.2, 0.25) is 0 Å². The highest BCUT2D eigenvalue weighted by Gasteiger charge is 2.47. The van der Waals surface area contributed by atoms with Crippen molar-refractivity contribution in [2.24, 2.45) is 34.8 Å². The summed E-state index contributed by atoms with van der Waals surface area (Å²) < 4.78 is 13.3. The Hall–Kier alpha value is -0.590. The standard InChI is InChI=1S/C18H31FN2O3/c19-15-3-1-11(2-4-15)5-12-6-16-13(9-22)7-14(10-23)17(21-24)18(16)20-8-12/h11-18,20,22-23H,1-10H2. The van der Waals surface area contributed by atoms with Crippen LogP contribution in [0, 0.1) is 34.5 Å². The molecule has 3 aliphatic rings. The van der Waals surface area contributed by atoms with Crippen LogP contribution in [0.3, 0.4) is 0 Å². The highest BCUT2D eigenvalue weighted by molar-refractivity contribution is 5.02. The number of piperidine rings is 1. The molecule has 0 bridgehead atoms. The second kappa shape index (κ2) is 8.19. The van der Waals surface area contributed by atoms with Gasteiger partial charge in [-0.1, -0.05) is 5.18 Å². The monoisotopic (exact) mass is 342 g/mol. The number of aliphatic hydroxyl groups excluding tert-OH is 2. The Bertz CT molecular complexity index is 417. The van der Waals surface area contributed by atoms with Crippen LogP contribution in [0.1, 0.15) is 44.9 Å². The van der Waals surface area contributed by atoms with Gasteiger partial charge in [-0.25, -0.2) is 4.39 Å². The largest absolute Gasteiger partial charge is 0.396 e. The maximum atomic E-state index is 13.3. The van der Waals surface area contributed by atoms with Gasteiger partial charge in [-0.05, 0) is 75.2 Å². The molecule has 0 radical (unpaired) electrons. The van der Waals surface area contributed by atoms with E-state index in [1.165, 1.54) is 0 Å². The maximum Gasteiger partial charge on any atom is 0.112 e. The van der Waals surface area contributed by atoms with Crippen LogP contribution < -0.4 is 5.32 Å². The summed E-state index contributed by atoms with van der Waals surface area (Å²) in [5, 5.41) is 26.1. The van der Waals surface area contributed by atoms with Gasteiger partial charge in [0.05, 0.1) is 0 Å². The Morgan fingerprint density at radius 1 is 1.00 bits per heavy atom. The molecule has 2 aliphatic carbocycles. The molecule has 0 aromatic carbocycles. The Morgan fingerprint density at radius 2 is 1.71 bits per heavy atom. The molecule has 6 atom stereocenters. The molecular weight excluding hydrogens is 311 g/mol. The van der Waals surface area contributed by atoms with Gasteiger partial charge < -0.3 is 15.5 Å². The zero-order valence-corrected chi connectivity index (χ0v) is 14.3. The van der Waals surface area contributed by atoms with Crippen molar-refractivity contribution in [3.05, 3.63) is 4.91 Å². The predicted molar refractivity (Wildman–Crippen MR) is 90.2 cm³/mol. The molecule has 5 nitrogen and oxygen atoms in total. The van der Waals surface area contributed by atoms with E-state index < -0.39 is 12.2 Å². The first-order chi connectivity index (χ1) is 11.7. The van der Waals surface area contributed by atoms with Crippen LogP contribution >= 0.6 is 0 Å². The number of alkyl halides is 1. The molecule has 3 rings (SSSR count). The molecule has 1 saturated heterocycles. The van der Waals surface area contributed by atoms with Crippen molar-refractivity contribution in [2.45, 2.75) is 63.2 Å². The van der Waals surface area contributed by atoms with Gasteiger partial charge in [0, 0.05) is 25.2 Å². The van der Waals surface area contributed by atoms with Gasteiger partial charge in [0.15, 0.2) is 0 Å². The number of aliphatic hydroxyl groups is 2. The number of nitroso groups, excluding NO2 is 1. The summed E-state index contributed by atoms with van der Waals surface area (Å²) in [6.45, 7) is 0.914. The Morgan fingerprint density at radius 3 is 2.33 bits per heavy atom. The summed E-state index contributed by atoms with van der Waals surface area (Å²) in [5.74, 6) is 1.37. The molecule has 0 spiro atoms. The fourth-order valence-corrected chi connectivity index (χ4v) is 5.48. The Balaban J connectivity index is 1.61. The van der Waals surface area contributed by atoms with E-state index in [-0.39, 0.29) is 37.0 Å². The van der Waals surface area contributed by atoms with E-state index in [1.54, 1.807) is 0 Å². The van der Waals surface area contributed by atoms with E-state index in [0.29, 0.717) is 31.1 Å². The van der Waals surface area contributed by atoms with Gasteiger partial charge in [0.2, 0.25) is 0 Å². The maximum absolute atomic E-state index is 13.3. The number of halogens is 1. The second-order valence-corrected chi connectivity index (χ2v) is 8.27. The molecule has 6 heteroatoms.